The van der Waals surface area contributed by atoms with Crippen LogP contribution in [0.25, 0.3) is 0 Å². The van der Waals surface area contributed by atoms with Crippen molar-refractivity contribution in [1.82, 2.24) is 4.90 Å². The highest BCUT2D eigenvalue weighted by molar-refractivity contribution is 7.81. The fraction of sp³-hybridized carbons (Fsp3) is 0.900. The molecule has 3 heteroatoms. The third-order valence-electron chi connectivity index (χ3n) is 3.52. The van der Waals surface area contributed by atoms with Crippen molar-refractivity contribution in [1.29, 1.82) is 0 Å². The second-order valence-electron chi connectivity index (χ2n) is 4.54. The Morgan fingerprint density at radius 3 is 2.54 bits per heavy atom. The molecule has 2 aliphatic rings. The standard InChI is InChI=1S/C10H17NOS/c1-8(13)9(12)11-6-5-10(7-11)3-2-4-10/h8,13H,2-7H2,1H3. The number of carbonyl (C=O) groups excluding carboxylic acids is 1. The van der Waals surface area contributed by atoms with Gasteiger partial charge in [0.1, 0.15) is 0 Å². The molecule has 1 unspecified atom stereocenters. The van der Waals surface area contributed by atoms with E-state index in [9.17, 15) is 4.79 Å². The normalized spacial score (nSPS) is 27.4. The monoisotopic (exact) mass is 199 g/mol. The van der Waals surface area contributed by atoms with E-state index in [-0.39, 0.29) is 11.2 Å². The number of nitrogens with zero attached hydrogens (tertiary/aromatic N) is 1. The molecule has 2 nitrogen and oxygen atoms in total. The zero-order valence-electron chi connectivity index (χ0n) is 8.12. The van der Waals surface area contributed by atoms with Gasteiger partial charge in [0.05, 0.1) is 5.25 Å². The summed E-state index contributed by atoms with van der Waals surface area (Å²) in [7, 11) is 0. The molecule has 1 amide bonds. The van der Waals surface area contributed by atoms with Gasteiger partial charge in [-0.05, 0) is 31.6 Å². The summed E-state index contributed by atoms with van der Waals surface area (Å²) in [6.07, 6.45) is 5.24. The van der Waals surface area contributed by atoms with Crippen molar-refractivity contribution in [2.75, 3.05) is 13.1 Å². The molecule has 13 heavy (non-hydrogen) atoms. The first-order valence-electron chi connectivity index (χ1n) is 5.10. The van der Waals surface area contributed by atoms with Crippen LogP contribution in [-0.4, -0.2) is 29.1 Å². The van der Waals surface area contributed by atoms with E-state index in [1.54, 1.807) is 0 Å². The van der Waals surface area contributed by atoms with Crippen molar-refractivity contribution in [2.45, 2.75) is 37.9 Å². The van der Waals surface area contributed by atoms with Crippen LogP contribution in [0.2, 0.25) is 0 Å². The van der Waals surface area contributed by atoms with E-state index in [0.29, 0.717) is 5.41 Å². The molecule has 0 aromatic heterocycles. The van der Waals surface area contributed by atoms with Crippen molar-refractivity contribution in [3.8, 4) is 0 Å². The zero-order chi connectivity index (χ0) is 9.47. The second-order valence-corrected chi connectivity index (χ2v) is 5.31. The molecule has 2 rings (SSSR count). The van der Waals surface area contributed by atoms with Crippen molar-refractivity contribution in [3.63, 3.8) is 0 Å². The Morgan fingerprint density at radius 2 is 2.15 bits per heavy atom. The molecule has 1 saturated carbocycles. The van der Waals surface area contributed by atoms with Gasteiger partial charge in [-0.25, -0.2) is 0 Å². The van der Waals surface area contributed by atoms with Crippen LogP contribution in [0.4, 0.5) is 0 Å². The Hall–Kier alpha value is -0.180. The first kappa shape index (κ1) is 9.38. The van der Waals surface area contributed by atoms with Gasteiger partial charge in [0.25, 0.3) is 0 Å². The Kier molecular flexibility index (Phi) is 2.30. The molecule has 74 valence electrons. The highest BCUT2D eigenvalue weighted by Gasteiger charge is 2.44. The summed E-state index contributed by atoms with van der Waals surface area (Å²) in [4.78, 5) is 13.6. The van der Waals surface area contributed by atoms with Gasteiger partial charge in [0.15, 0.2) is 0 Å². The smallest absolute Gasteiger partial charge is 0.235 e. The van der Waals surface area contributed by atoms with Crippen LogP contribution in [0.15, 0.2) is 0 Å². The number of rotatable bonds is 1. The molecular weight excluding hydrogens is 182 g/mol. The SMILES string of the molecule is CC(S)C(=O)N1CCC2(CCC2)C1. The summed E-state index contributed by atoms with van der Waals surface area (Å²) in [6.45, 7) is 3.82. The van der Waals surface area contributed by atoms with Crippen molar-refractivity contribution in [3.05, 3.63) is 0 Å². The van der Waals surface area contributed by atoms with Crippen LogP contribution < -0.4 is 0 Å². The molecule has 0 bridgehead atoms. The molecule has 1 atom stereocenters. The lowest BCUT2D eigenvalue weighted by molar-refractivity contribution is -0.129. The Balaban J connectivity index is 1.94. The second kappa shape index (κ2) is 3.19. The molecule has 1 aliphatic carbocycles. The quantitative estimate of drug-likeness (QED) is 0.637. The van der Waals surface area contributed by atoms with Crippen LogP contribution in [0.5, 0.6) is 0 Å². The summed E-state index contributed by atoms with van der Waals surface area (Å²) < 4.78 is 0. The van der Waals surface area contributed by atoms with Crippen molar-refractivity contribution < 1.29 is 4.79 Å². The maximum Gasteiger partial charge on any atom is 0.235 e. The molecule has 1 heterocycles. The van der Waals surface area contributed by atoms with Gasteiger partial charge >= 0.3 is 0 Å². The summed E-state index contributed by atoms with van der Waals surface area (Å²) in [5, 5.41) is -0.129. The van der Waals surface area contributed by atoms with Crippen LogP contribution in [0.3, 0.4) is 0 Å². The van der Waals surface area contributed by atoms with E-state index in [1.165, 1.54) is 25.7 Å². The molecule has 0 N–H and O–H groups in total. The third kappa shape index (κ3) is 1.58. The van der Waals surface area contributed by atoms with Crippen LogP contribution >= 0.6 is 12.6 Å². The van der Waals surface area contributed by atoms with Gasteiger partial charge in [0.2, 0.25) is 5.91 Å². The largest absolute Gasteiger partial charge is 0.341 e. The van der Waals surface area contributed by atoms with Gasteiger partial charge in [-0.1, -0.05) is 6.42 Å². The number of thiol groups is 1. The highest BCUT2D eigenvalue weighted by atomic mass is 32.1. The number of hydrogen-bond acceptors (Lipinski definition) is 2. The first-order valence-corrected chi connectivity index (χ1v) is 5.62. The maximum absolute atomic E-state index is 11.6. The van der Waals surface area contributed by atoms with Crippen LogP contribution in [-0.2, 0) is 4.79 Å². The number of likely N-dealkylation sites (tertiary alicyclic amines) is 1. The topological polar surface area (TPSA) is 20.3 Å². The molecule has 0 aromatic carbocycles. The molecule has 0 aromatic rings. The van der Waals surface area contributed by atoms with Crippen LogP contribution in [0.1, 0.15) is 32.6 Å². The van der Waals surface area contributed by atoms with Crippen molar-refractivity contribution >= 4 is 18.5 Å². The van der Waals surface area contributed by atoms with Crippen LogP contribution in [0, 0.1) is 5.41 Å². The molecule has 0 radical (unpaired) electrons. The summed E-state index contributed by atoms with van der Waals surface area (Å²) in [6, 6.07) is 0. The Labute approximate surface area is 85.1 Å². The first-order chi connectivity index (χ1) is 6.13. The van der Waals surface area contributed by atoms with Gasteiger partial charge < -0.3 is 4.90 Å². The predicted molar refractivity (Wildman–Crippen MR) is 55.9 cm³/mol. The zero-order valence-corrected chi connectivity index (χ0v) is 9.02. The minimum atomic E-state index is -0.129. The Morgan fingerprint density at radius 1 is 1.46 bits per heavy atom. The van der Waals surface area contributed by atoms with E-state index < -0.39 is 0 Å². The lowest BCUT2D eigenvalue weighted by atomic mass is 9.68. The summed E-state index contributed by atoms with van der Waals surface area (Å²) >= 11 is 4.18. The minimum absolute atomic E-state index is 0.129. The average Bonchev–Trinajstić information content (AvgIpc) is 2.45. The third-order valence-corrected chi connectivity index (χ3v) is 3.74. The summed E-state index contributed by atoms with van der Waals surface area (Å²) in [5.41, 5.74) is 0.526. The van der Waals surface area contributed by atoms with Gasteiger partial charge in [0, 0.05) is 13.1 Å². The predicted octanol–water partition coefficient (Wildman–Crippen LogP) is 1.71. The number of amides is 1. The van der Waals surface area contributed by atoms with Gasteiger partial charge in [-0.15, -0.1) is 0 Å². The molecule has 1 aliphatic heterocycles. The van der Waals surface area contributed by atoms with Gasteiger partial charge in [-0.3, -0.25) is 4.79 Å². The fourth-order valence-electron chi connectivity index (χ4n) is 2.47. The average molecular weight is 199 g/mol. The molecule has 2 fully saturated rings. The highest BCUT2D eigenvalue weighted by Crippen LogP contribution is 2.48. The lowest BCUT2D eigenvalue weighted by Gasteiger charge is -2.38. The van der Waals surface area contributed by atoms with E-state index in [1.807, 2.05) is 11.8 Å². The maximum atomic E-state index is 11.6. The van der Waals surface area contributed by atoms with E-state index in [4.69, 9.17) is 0 Å². The van der Waals surface area contributed by atoms with Gasteiger partial charge in [-0.2, -0.15) is 12.6 Å². The lowest BCUT2D eigenvalue weighted by Crippen LogP contribution is -2.38. The number of carbonyl (C=O) groups is 1. The van der Waals surface area contributed by atoms with E-state index in [0.717, 1.165) is 13.1 Å². The fourth-order valence-corrected chi connectivity index (χ4v) is 2.64. The van der Waals surface area contributed by atoms with Crippen molar-refractivity contribution in [2.24, 2.45) is 5.41 Å². The Bertz CT molecular complexity index is 223. The number of hydrogen-bond donors (Lipinski definition) is 1. The molecule has 1 saturated heterocycles. The summed E-state index contributed by atoms with van der Waals surface area (Å²) in [5.74, 6) is 0.215. The van der Waals surface area contributed by atoms with E-state index >= 15 is 0 Å². The van der Waals surface area contributed by atoms with E-state index in [2.05, 4.69) is 12.6 Å². The molecule has 1 spiro atoms. The minimum Gasteiger partial charge on any atom is -0.341 e. The molecular formula is C10H17NOS.